The molecule has 1 aromatic heterocycles. The lowest BCUT2D eigenvalue weighted by Crippen LogP contribution is -2.18. The van der Waals surface area contributed by atoms with Gasteiger partial charge < -0.3 is 5.32 Å². The Morgan fingerprint density at radius 2 is 2.10 bits per heavy atom. The first kappa shape index (κ1) is 15.0. The number of hydrogen-bond donors (Lipinski definition) is 1. The average Bonchev–Trinajstić information content (AvgIpc) is 2.96. The SMILES string of the molecule is CCc1ccc(NC(=O)C(C)c2nc(CCl)cs2)cc1. The average molecular weight is 309 g/mol. The summed E-state index contributed by atoms with van der Waals surface area (Å²) < 4.78 is 0. The summed E-state index contributed by atoms with van der Waals surface area (Å²) in [7, 11) is 0. The highest BCUT2D eigenvalue weighted by Crippen LogP contribution is 2.22. The van der Waals surface area contributed by atoms with Crippen LogP contribution in [0.15, 0.2) is 29.6 Å². The Balaban J connectivity index is 2.02. The van der Waals surface area contributed by atoms with Gasteiger partial charge in [0.05, 0.1) is 17.5 Å². The number of amides is 1. The fourth-order valence-electron chi connectivity index (χ4n) is 1.77. The zero-order valence-corrected chi connectivity index (χ0v) is 13.1. The number of alkyl halides is 1. The Hall–Kier alpha value is -1.39. The van der Waals surface area contributed by atoms with Gasteiger partial charge in [-0.15, -0.1) is 22.9 Å². The molecule has 5 heteroatoms. The molecule has 3 nitrogen and oxygen atoms in total. The van der Waals surface area contributed by atoms with Gasteiger partial charge in [0.2, 0.25) is 5.91 Å². The van der Waals surface area contributed by atoms with Gasteiger partial charge >= 0.3 is 0 Å². The number of nitrogens with zero attached hydrogens (tertiary/aromatic N) is 1. The van der Waals surface area contributed by atoms with Gasteiger partial charge in [0.15, 0.2) is 0 Å². The van der Waals surface area contributed by atoms with Crippen molar-refractivity contribution in [3.8, 4) is 0 Å². The maximum Gasteiger partial charge on any atom is 0.234 e. The summed E-state index contributed by atoms with van der Waals surface area (Å²) in [5, 5.41) is 5.60. The number of hydrogen-bond acceptors (Lipinski definition) is 3. The molecule has 1 heterocycles. The Morgan fingerprint density at radius 3 is 2.65 bits per heavy atom. The third-order valence-electron chi connectivity index (χ3n) is 3.10. The van der Waals surface area contributed by atoms with E-state index in [9.17, 15) is 4.79 Å². The zero-order chi connectivity index (χ0) is 14.5. The summed E-state index contributed by atoms with van der Waals surface area (Å²) in [4.78, 5) is 16.5. The Kier molecular flexibility index (Phi) is 5.15. The smallest absolute Gasteiger partial charge is 0.234 e. The fourth-order valence-corrected chi connectivity index (χ4v) is 2.87. The molecule has 1 N–H and O–H groups in total. The second-order valence-electron chi connectivity index (χ2n) is 4.57. The third kappa shape index (κ3) is 3.58. The highest BCUT2D eigenvalue weighted by Gasteiger charge is 2.18. The van der Waals surface area contributed by atoms with Gasteiger partial charge in [0.25, 0.3) is 0 Å². The lowest BCUT2D eigenvalue weighted by molar-refractivity contribution is -0.117. The molecule has 0 aliphatic carbocycles. The molecule has 2 aromatic rings. The van der Waals surface area contributed by atoms with E-state index >= 15 is 0 Å². The van der Waals surface area contributed by atoms with Crippen LogP contribution in [-0.4, -0.2) is 10.9 Å². The number of aromatic nitrogens is 1. The number of rotatable bonds is 5. The van der Waals surface area contributed by atoms with Crippen molar-refractivity contribution in [1.29, 1.82) is 0 Å². The lowest BCUT2D eigenvalue weighted by Gasteiger charge is -2.10. The molecule has 0 saturated heterocycles. The molecule has 1 unspecified atom stereocenters. The molecule has 1 aromatic carbocycles. The van der Waals surface area contributed by atoms with Gasteiger partial charge in [0.1, 0.15) is 5.01 Å². The number of thiazole rings is 1. The van der Waals surface area contributed by atoms with E-state index in [1.165, 1.54) is 16.9 Å². The predicted octanol–water partition coefficient (Wildman–Crippen LogP) is 4.19. The van der Waals surface area contributed by atoms with Crippen LogP contribution in [0.2, 0.25) is 0 Å². The van der Waals surface area contributed by atoms with Crippen molar-refractivity contribution in [1.82, 2.24) is 4.98 Å². The van der Waals surface area contributed by atoms with Crippen molar-refractivity contribution in [3.05, 3.63) is 45.9 Å². The number of nitrogens with one attached hydrogen (secondary N) is 1. The molecule has 0 spiro atoms. The minimum Gasteiger partial charge on any atom is -0.325 e. The van der Waals surface area contributed by atoms with Crippen LogP contribution in [0.25, 0.3) is 0 Å². The minimum atomic E-state index is -0.275. The number of aryl methyl sites for hydroxylation is 1. The van der Waals surface area contributed by atoms with Crippen LogP contribution >= 0.6 is 22.9 Å². The second kappa shape index (κ2) is 6.86. The Morgan fingerprint density at radius 1 is 1.40 bits per heavy atom. The molecule has 0 aliphatic rings. The molecular weight excluding hydrogens is 292 g/mol. The van der Waals surface area contributed by atoms with Crippen molar-refractivity contribution in [2.45, 2.75) is 32.1 Å². The Labute approximate surface area is 128 Å². The molecule has 0 aliphatic heterocycles. The van der Waals surface area contributed by atoms with Crippen LogP contribution in [0.1, 0.15) is 36.0 Å². The van der Waals surface area contributed by atoms with Crippen molar-refractivity contribution >= 4 is 34.5 Å². The summed E-state index contributed by atoms with van der Waals surface area (Å²) in [6.07, 6.45) is 0.991. The molecule has 0 fully saturated rings. The highest BCUT2D eigenvalue weighted by molar-refractivity contribution is 7.09. The van der Waals surface area contributed by atoms with Crippen molar-refractivity contribution < 1.29 is 4.79 Å². The summed E-state index contributed by atoms with van der Waals surface area (Å²) in [6.45, 7) is 3.96. The van der Waals surface area contributed by atoms with Crippen molar-refractivity contribution in [2.75, 3.05) is 5.32 Å². The van der Waals surface area contributed by atoms with Crippen molar-refractivity contribution in [3.63, 3.8) is 0 Å². The molecule has 106 valence electrons. The van der Waals surface area contributed by atoms with Gasteiger partial charge in [-0.3, -0.25) is 4.79 Å². The van der Waals surface area contributed by atoms with E-state index in [1.54, 1.807) is 0 Å². The fraction of sp³-hybridized carbons (Fsp3) is 0.333. The molecule has 2 rings (SSSR count). The van der Waals surface area contributed by atoms with Crippen molar-refractivity contribution in [2.24, 2.45) is 0 Å². The van der Waals surface area contributed by atoms with Crippen LogP contribution in [0.5, 0.6) is 0 Å². The number of carbonyl (C=O) groups excluding carboxylic acids is 1. The summed E-state index contributed by atoms with van der Waals surface area (Å²) in [5.41, 5.74) is 2.88. The number of halogens is 1. The van der Waals surface area contributed by atoms with E-state index in [0.29, 0.717) is 5.88 Å². The van der Waals surface area contributed by atoms with E-state index in [4.69, 9.17) is 11.6 Å². The van der Waals surface area contributed by atoms with Gasteiger partial charge in [-0.25, -0.2) is 4.98 Å². The Bertz CT molecular complexity index is 580. The summed E-state index contributed by atoms with van der Waals surface area (Å²) in [6, 6.07) is 7.90. The van der Waals surface area contributed by atoms with Gasteiger partial charge in [-0.05, 0) is 31.0 Å². The van der Waals surface area contributed by atoms with Crippen LogP contribution < -0.4 is 5.32 Å². The monoisotopic (exact) mass is 308 g/mol. The van der Waals surface area contributed by atoms with E-state index < -0.39 is 0 Å². The van der Waals surface area contributed by atoms with Crippen LogP contribution in [-0.2, 0) is 17.1 Å². The molecule has 0 saturated carbocycles. The first-order valence-electron chi connectivity index (χ1n) is 6.54. The largest absolute Gasteiger partial charge is 0.325 e. The topological polar surface area (TPSA) is 42.0 Å². The van der Waals surface area contributed by atoms with Crippen LogP contribution in [0.4, 0.5) is 5.69 Å². The number of carbonyl (C=O) groups is 1. The molecule has 1 amide bonds. The zero-order valence-electron chi connectivity index (χ0n) is 11.5. The minimum absolute atomic E-state index is 0.0512. The maximum atomic E-state index is 12.2. The standard InChI is InChI=1S/C15H17ClN2OS/c1-3-11-4-6-12(7-5-11)17-14(19)10(2)15-18-13(8-16)9-20-15/h4-7,9-10H,3,8H2,1-2H3,(H,17,19). The third-order valence-corrected chi connectivity index (χ3v) is 4.45. The van der Waals surface area contributed by atoms with Crippen LogP contribution in [0, 0.1) is 0 Å². The second-order valence-corrected chi connectivity index (χ2v) is 5.73. The predicted molar refractivity (Wildman–Crippen MR) is 84.5 cm³/mol. The lowest BCUT2D eigenvalue weighted by atomic mass is 10.1. The molecule has 1 atom stereocenters. The maximum absolute atomic E-state index is 12.2. The summed E-state index contributed by atoms with van der Waals surface area (Å²) in [5.74, 6) is 0.0519. The van der Waals surface area contributed by atoms with Gasteiger partial charge in [-0.2, -0.15) is 0 Å². The van der Waals surface area contributed by atoms with E-state index in [-0.39, 0.29) is 11.8 Å². The van der Waals surface area contributed by atoms with Gasteiger partial charge in [0, 0.05) is 11.1 Å². The first-order chi connectivity index (χ1) is 9.63. The van der Waals surface area contributed by atoms with E-state index in [1.807, 2.05) is 36.6 Å². The summed E-state index contributed by atoms with van der Waals surface area (Å²) >= 11 is 7.20. The normalized spacial score (nSPS) is 12.2. The molecule has 0 radical (unpaired) electrons. The molecular formula is C15H17ClN2OS. The molecule has 20 heavy (non-hydrogen) atoms. The molecule has 0 bridgehead atoms. The quantitative estimate of drug-likeness (QED) is 0.842. The first-order valence-corrected chi connectivity index (χ1v) is 7.95. The number of anilines is 1. The van der Waals surface area contributed by atoms with E-state index in [2.05, 4.69) is 17.2 Å². The van der Waals surface area contributed by atoms with Gasteiger partial charge in [-0.1, -0.05) is 19.1 Å². The van der Waals surface area contributed by atoms with E-state index in [0.717, 1.165) is 22.8 Å². The number of benzene rings is 1. The van der Waals surface area contributed by atoms with Crippen LogP contribution in [0.3, 0.4) is 0 Å². The highest BCUT2D eigenvalue weighted by atomic mass is 35.5.